The van der Waals surface area contributed by atoms with E-state index in [9.17, 15) is 28.0 Å². The van der Waals surface area contributed by atoms with Gasteiger partial charge in [0, 0.05) is 23.8 Å². The summed E-state index contributed by atoms with van der Waals surface area (Å²) < 4.78 is 40.2. The van der Waals surface area contributed by atoms with Crippen molar-refractivity contribution in [3.63, 3.8) is 0 Å². The highest BCUT2D eigenvalue weighted by Crippen LogP contribution is 2.36. The summed E-state index contributed by atoms with van der Waals surface area (Å²) in [5, 5.41) is 12.5. The molecule has 0 radical (unpaired) electrons. The van der Waals surface area contributed by atoms with Crippen LogP contribution in [0, 0.1) is 17.2 Å². The molecule has 3 aromatic rings. The molecule has 2 amide bonds. The number of fused-ring (bicyclic) bond motifs is 1. The van der Waals surface area contributed by atoms with Gasteiger partial charge in [0.15, 0.2) is 0 Å². The molecule has 3 N–H and O–H groups in total. The monoisotopic (exact) mass is 466 g/mol. The number of rotatable bonds is 4. The first-order chi connectivity index (χ1) is 16.2. The molecule has 1 aliphatic rings. The molecule has 0 fully saturated rings. The first kappa shape index (κ1) is 23.1. The van der Waals surface area contributed by atoms with Crippen LogP contribution in [0.4, 0.5) is 18.9 Å². The highest BCUT2D eigenvalue weighted by atomic mass is 19.4. The summed E-state index contributed by atoms with van der Waals surface area (Å²) in [6.45, 7) is 0.382. The van der Waals surface area contributed by atoms with Crippen LogP contribution in [0.1, 0.15) is 40.0 Å². The third-order valence-electron chi connectivity index (χ3n) is 6.06. The molecular weight excluding hydrogens is 445 g/mol. The number of benzene rings is 2. The van der Waals surface area contributed by atoms with Crippen LogP contribution in [-0.4, -0.2) is 16.4 Å². The van der Waals surface area contributed by atoms with Crippen LogP contribution in [0.2, 0.25) is 0 Å². The zero-order chi connectivity index (χ0) is 24.5. The van der Waals surface area contributed by atoms with Crippen LogP contribution in [0.15, 0.2) is 54.6 Å². The van der Waals surface area contributed by atoms with E-state index in [0.717, 1.165) is 17.7 Å². The van der Waals surface area contributed by atoms with Gasteiger partial charge >= 0.3 is 6.18 Å². The number of hydrogen-bond donors (Lipinski definition) is 2. The second-order valence-electron chi connectivity index (χ2n) is 8.13. The zero-order valence-corrected chi connectivity index (χ0v) is 18.0. The molecule has 1 aliphatic heterocycles. The maximum absolute atomic E-state index is 12.9. The third kappa shape index (κ3) is 4.39. The summed E-state index contributed by atoms with van der Waals surface area (Å²) in [6, 6.07) is 15.6. The van der Waals surface area contributed by atoms with Gasteiger partial charge in [-0.05, 0) is 49.1 Å². The number of hydrogen-bond acceptors (Lipinski definition) is 3. The van der Waals surface area contributed by atoms with E-state index in [0.29, 0.717) is 37.2 Å². The highest BCUT2D eigenvalue weighted by Gasteiger charge is 2.32. The van der Waals surface area contributed by atoms with Crippen LogP contribution in [-0.2, 0) is 23.9 Å². The molecule has 6 nitrogen and oxygen atoms in total. The van der Waals surface area contributed by atoms with Crippen molar-refractivity contribution in [2.45, 2.75) is 32.0 Å². The van der Waals surface area contributed by atoms with Crippen LogP contribution < -0.4 is 11.1 Å². The second kappa shape index (κ2) is 9.06. The number of carbonyl (C=O) groups is 2. The van der Waals surface area contributed by atoms with Gasteiger partial charge in [0.2, 0.25) is 5.91 Å². The number of nitriles is 1. The zero-order valence-electron chi connectivity index (χ0n) is 18.0. The smallest absolute Gasteiger partial charge is 0.366 e. The van der Waals surface area contributed by atoms with E-state index < -0.39 is 23.6 Å². The Morgan fingerprint density at radius 1 is 1.06 bits per heavy atom. The maximum atomic E-state index is 12.9. The second-order valence-corrected chi connectivity index (χ2v) is 8.13. The van der Waals surface area contributed by atoms with Crippen molar-refractivity contribution >= 4 is 17.5 Å². The number of nitrogens with two attached hydrogens (primary N) is 1. The van der Waals surface area contributed by atoms with Crippen molar-refractivity contribution in [1.82, 2.24) is 4.57 Å². The van der Waals surface area contributed by atoms with Gasteiger partial charge in [-0.1, -0.05) is 30.3 Å². The van der Waals surface area contributed by atoms with Gasteiger partial charge in [-0.25, -0.2) is 0 Å². The lowest BCUT2D eigenvalue weighted by Crippen LogP contribution is -2.23. The molecule has 0 aliphatic carbocycles. The predicted molar refractivity (Wildman–Crippen MR) is 120 cm³/mol. The van der Waals surface area contributed by atoms with E-state index in [2.05, 4.69) is 11.4 Å². The number of aromatic nitrogens is 1. The highest BCUT2D eigenvalue weighted by molar-refractivity contribution is 5.99. The lowest BCUT2D eigenvalue weighted by Gasteiger charge is -2.15. The fraction of sp³-hybridized carbons (Fsp3) is 0.240. The van der Waals surface area contributed by atoms with Crippen molar-refractivity contribution < 1.29 is 22.8 Å². The van der Waals surface area contributed by atoms with Gasteiger partial charge in [0.05, 0.1) is 22.4 Å². The number of anilines is 1. The van der Waals surface area contributed by atoms with Crippen molar-refractivity contribution in [3.8, 4) is 17.3 Å². The fourth-order valence-electron chi connectivity index (χ4n) is 4.43. The number of carbonyl (C=O) groups excluding carboxylic acids is 2. The Balaban J connectivity index is 1.59. The van der Waals surface area contributed by atoms with Gasteiger partial charge in [0.1, 0.15) is 6.07 Å². The standard InChI is InChI=1S/C25H21F3N4O2/c26-25(27,28)17-7-9-18(10-8-17)31-24(34)16-6-11-20-21(23(30)33)19(14-29)22(32(20)13-12-16)15-4-2-1-3-5-15/h1-5,7-10,16H,6,11-13H2,(H2,30,33)(H,31,34). The Labute approximate surface area is 193 Å². The molecule has 0 saturated heterocycles. The van der Waals surface area contributed by atoms with Crippen molar-refractivity contribution in [2.75, 3.05) is 5.32 Å². The number of primary amides is 1. The quantitative estimate of drug-likeness (QED) is 0.581. The summed E-state index contributed by atoms with van der Waals surface area (Å²) in [4.78, 5) is 25.1. The van der Waals surface area contributed by atoms with E-state index in [-0.39, 0.29) is 22.7 Å². The van der Waals surface area contributed by atoms with Gasteiger partial charge in [-0.15, -0.1) is 0 Å². The van der Waals surface area contributed by atoms with E-state index in [1.54, 1.807) is 0 Å². The molecule has 174 valence electrons. The topological polar surface area (TPSA) is 101 Å². The minimum atomic E-state index is -4.45. The maximum Gasteiger partial charge on any atom is 0.416 e. The van der Waals surface area contributed by atoms with E-state index in [1.165, 1.54) is 12.1 Å². The van der Waals surface area contributed by atoms with E-state index >= 15 is 0 Å². The first-order valence-electron chi connectivity index (χ1n) is 10.7. The lowest BCUT2D eigenvalue weighted by atomic mass is 9.96. The van der Waals surface area contributed by atoms with E-state index in [1.807, 2.05) is 34.9 Å². The molecule has 0 saturated carbocycles. The Hall–Kier alpha value is -4.06. The normalized spacial score (nSPS) is 15.6. The number of amides is 2. The van der Waals surface area contributed by atoms with Crippen LogP contribution >= 0.6 is 0 Å². The molecule has 0 spiro atoms. The summed E-state index contributed by atoms with van der Waals surface area (Å²) >= 11 is 0. The Morgan fingerprint density at radius 3 is 2.32 bits per heavy atom. The van der Waals surface area contributed by atoms with Gasteiger partial charge < -0.3 is 15.6 Å². The third-order valence-corrected chi connectivity index (χ3v) is 6.06. The molecule has 1 aromatic heterocycles. The lowest BCUT2D eigenvalue weighted by molar-refractivity contribution is -0.137. The Bertz CT molecular complexity index is 1270. The minimum Gasteiger partial charge on any atom is -0.366 e. The van der Waals surface area contributed by atoms with Crippen LogP contribution in [0.5, 0.6) is 0 Å². The summed E-state index contributed by atoms with van der Waals surface area (Å²) in [5.41, 5.74) is 7.49. The first-order valence-corrected chi connectivity index (χ1v) is 10.7. The van der Waals surface area contributed by atoms with Gasteiger partial charge in [0.25, 0.3) is 5.91 Å². The van der Waals surface area contributed by atoms with Crippen molar-refractivity contribution in [1.29, 1.82) is 5.26 Å². The Morgan fingerprint density at radius 2 is 1.74 bits per heavy atom. The number of alkyl halides is 3. The minimum absolute atomic E-state index is 0.171. The van der Waals surface area contributed by atoms with Crippen LogP contribution in [0.3, 0.4) is 0 Å². The van der Waals surface area contributed by atoms with Crippen LogP contribution in [0.25, 0.3) is 11.3 Å². The van der Waals surface area contributed by atoms with Gasteiger partial charge in [-0.3, -0.25) is 9.59 Å². The Kier molecular flexibility index (Phi) is 6.16. The molecule has 2 heterocycles. The average Bonchev–Trinajstić information content (AvgIpc) is 2.97. The number of halogens is 3. The molecule has 9 heteroatoms. The largest absolute Gasteiger partial charge is 0.416 e. The number of nitrogens with zero attached hydrogens (tertiary/aromatic N) is 2. The molecule has 2 aromatic carbocycles. The van der Waals surface area contributed by atoms with Crippen molar-refractivity contribution in [3.05, 3.63) is 77.0 Å². The molecule has 1 unspecified atom stereocenters. The molecule has 4 rings (SSSR count). The number of nitrogens with one attached hydrogen (secondary N) is 1. The predicted octanol–water partition coefficient (Wildman–Crippen LogP) is 4.74. The van der Waals surface area contributed by atoms with Gasteiger partial charge in [-0.2, -0.15) is 18.4 Å². The average molecular weight is 466 g/mol. The summed E-state index contributed by atoms with van der Waals surface area (Å²) in [7, 11) is 0. The van der Waals surface area contributed by atoms with Crippen molar-refractivity contribution in [2.24, 2.45) is 11.7 Å². The van der Waals surface area contributed by atoms with E-state index in [4.69, 9.17) is 5.73 Å². The summed E-state index contributed by atoms with van der Waals surface area (Å²) in [5.74, 6) is -1.44. The molecule has 1 atom stereocenters. The fourth-order valence-corrected chi connectivity index (χ4v) is 4.43. The molecular formula is C25H21F3N4O2. The molecule has 34 heavy (non-hydrogen) atoms. The molecule has 0 bridgehead atoms. The summed E-state index contributed by atoms with van der Waals surface area (Å²) in [6.07, 6.45) is -3.27. The SMILES string of the molecule is N#Cc1c(C(N)=O)c2n(c1-c1ccccc1)CCC(C(=O)Nc1ccc(C(F)(F)F)cc1)CC2.